The van der Waals surface area contributed by atoms with Crippen LogP contribution in [0.2, 0.25) is 0 Å². The predicted molar refractivity (Wildman–Crippen MR) is 72.9 cm³/mol. The molecule has 1 atom stereocenters. The highest BCUT2D eigenvalue weighted by Gasteiger charge is 2.15. The highest BCUT2D eigenvalue weighted by Crippen LogP contribution is 2.22. The zero-order valence-electron chi connectivity index (χ0n) is 10.8. The van der Waals surface area contributed by atoms with Crippen molar-refractivity contribution in [3.63, 3.8) is 0 Å². The van der Waals surface area contributed by atoms with E-state index in [1.165, 1.54) is 6.07 Å². The Labute approximate surface area is 112 Å². The third-order valence-corrected chi connectivity index (χ3v) is 3.10. The number of aryl methyl sites for hydroxylation is 1. The number of halogens is 1. The second kappa shape index (κ2) is 6.34. The maximum Gasteiger partial charge on any atom is 0.126 e. The van der Waals surface area contributed by atoms with Crippen LogP contribution in [0.15, 0.2) is 48.5 Å². The molecule has 3 heteroatoms. The Morgan fingerprint density at radius 1 is 1.11 bits per heavy atom. The van der Waals surface area contributed by atoms with Crippen LogP contribution < -0.4 is 4.74 Å². The van der Waals surface area contributed by atoms with Crippen LogP contribution in [-0.4, -0.2) is 18.3 Å². The van der Waals surface area contributed by atoms with Gasteiger partial charge in [-0.1, -0.05) is 36.4 Å². The molecule has 2 nitrogen and oxygen atoms in total. The average Bonchev–Trinajstić information content (AvgIpc) is 2.43. The van der Waals surface area contributed by atoms with Crippen molar-refractivity contribution in [2.45, 2.75) is 12.8 Å². The van der Waals surface area contributed by atoms with Crippen molar-refractivity contribution in [2.24, 2.45) is 0 Å². The summed E-state index contributed by atoms with van der Waals surface area (Å²) >= 11 is 0. The lowest BCUT2D eigenvalue weighted by atomic mass is 10.0. The number of ether oxygens (including phenoxy) is 1. The quantitative estimate of drug-likeness (QED) is 0.894. The van der Waals surface area contributed by atoms with Gasteiger partial charge in [0.1, 0.15) is 11.6 Å². The summed E-state index contributed by atoms with van der Waals surface area (Å²) in [6.45, 7) is 2.06. The van der Waals surface area contributed by atoms with Crippen LogP contribution in [0, 0.1) is 12.7 Å². The Kier molecular flexibility index (Phi) is 4.53. The smallest absolute Gasteiger partial charge is 0.126 e. The first-order valence-electron chi connectivity index (χ1n) is 6.26. The topological polar surface area (TPSA) is 29.5 Å². The number of aliphatic hydroxyl groups is 1. The standard InChI is InChI=1S/C16H17FO2/c1-12-6-2-5-9-16(12)19-11-13(10-18)14-7-3-4-8-15(14)17/h2-9,13,18H,10-11H2,1H3. The van der Waals surface area contributed by atoms with Gasteiger partial charge in [0.2, 0.25) is 0 Å². The average molecular weight is 260 g/mol. The fraction of sp³-hybridized carbons (Fsp3) is 0.250. The number of para-hydroxylation sites is 1. The second-order valence-electron chi connectivity index (χ2n) is 4.48. The normalized spacial score (nSPS) is 12.2. The first-order chi connectivity index (χ1) is 9.22. The van der Waals surface area contributed by atoms with Gasteiger partial charge in [0.15, 0.2) is 0 Å². The van der Waals surface area contributed by atoms with Crippen LogP contribution in [0.25, 0.3) is 0 Å². The zero-order valence-corrected chi connectivity index (χ0v) is 10.8. The van der Waals surface area contributed by atoms with E-state index in [0.29, 0.717) is 5.56 Å². The van der Waals surface area contributed by atoms with Gasteiger partial charge >= 0.3 is 0 Å². The van der Waals surface area contributed by atoms with Gasteiger partial charge in [-0.15, -0.1) is 0 Å². The molecular formula is C16H17FO2. The van der Waals surface area contributed by atoms with Crippen molar-refractivity contribution in [1.82, 2.24) is 0 Å². The summed E-state index contributed by atoms with van der Waals surface area (Å²) in [6.07, 6.45) is 0. The van der Waals surface area contributed by atoms with Gasteiger partial charge in [-0.3, -0.25) is 0 Å². The molecule has 0 fully saturated rings. The summed E-state index contributed by atoms with van der Waals surface area (Å²) in [4.78, 5) is 0. The number of benzene rings is 2. The van der Waals surface area contributed by atoms with Gasteiger partial charge in [-0.2, -0.15) is 0 Å². The van der Waals surface area contributed by atoms with Crippen LogP contribution in [0.3, 0.4) is 0 Å². The van der Waals surface area contributed by atoms with E-state index in [-0.39, 0.29) is 24.9 Å². The molecule has 0 spiro atoms. The summed E-state index contributed by atoms with van der Waals surface area (Å²) in [5, 5.41) is 9.40. The highest BCUT2D eigenvalue weighted by atomic mass is 19.1. The van der Waals surface area contributed by atoms with Crippen molar-refractivity contribution in [1.29, 1.82) is 0 Å². The fourth-order valence-corrected chi connectivity index (χ4v) is 1.96. The van der Waals surface area contributed by atoms with Gasteiger partial charge in [0.25, 0.3) is 0 Å². The molecule has 1 unspecified atom stereocenters. The van der Waals surface area contributed by atoms with Gasteiger partial charge < -0.3 is 9.84 Å². The van der Waals surface area contributed by atoms with E-state index in [2.05, 4.69) is 0 Å². The Balaban J connectivity index is 2.09. The van der Waals surface area contributed by atoms with E-state index in [4.69, 9.17) is 4.74 Å². The molecule has 0 amide bonds. The lowest BCUT2D eigenvalue weighted by Gasteiger charge is -2.17. The summed E-state index contributed by atoms with van der Waals surface area (Å²) in [5.41, 5.74) is 1.51. The molecule has 0 aliphatic carbocycles. The molecule has 0 bridgehead atoms. The van der Waals surface area contributed by atoms with Gasteiger partial charge in [0.05, 0.1) is 13.2 Å². The Morgan fingerprint density at radius 3 is 2.47 bits per heavy atom. The zero-order chi connectivity index (χ0) is 13.7. The Morgan fingerprint density at radius 2 is 1.79 bits per heavy atom. The molecule has 0 aliphatic rings. The fourth-order valence-electron chi connectivity index (χ4n) is 1.96. The number of rotatable bonds is 5. The van der Waals surface area contributed by atoms with Crippen LogP contribution in [0.4, 0.5) is 4.39 Å². The molecule has 100 valence electrons. The molecule has 2 aromatic carbocycles. The molecule has 1 N–H and O–H groups in total. The van der Waals surface area contributed by atoms with Crippen LogP contribution in [-0.2, 0) is 0 Å². The minimum absolute atomic E-state index is 0.146. The molecule has 0 aliphatic heterocycles. The van der Waals surface area contributed by atoms with Crippen molar-refractivity contribution >= 4 is 0 Å². The summed E-state index contributed by atoms with van der Waals surface area (Å²) in [6, 6.07) is 14.1. The Bertz CT molecular complexity index is 540. The molecule has 2 aromatic rings. The number of hydrogen-bond donors (Lipinski definition) is 1. The lowest BCUT2D eigenvalue weighted by Crippen LogP contribution is -2.15. The largest absolute Gasteiger partial charge is 0.493 e. The van der Waals surface area contributed by atoms with E-state index in [1.807, 2.05) is 31.2 Å². The van der Waals surface area contributed by atoms with E-state index < -0.39 is 0 Å². The SMILES string of the molecule is Cc1ccccc1OCC(CO)c1ccccc1F. The molecule has 0 saturated carbocycles. The van der Waals surface area contributed by atoms with Crippen LogP contribution in [0.5, 0.6) is 5.75 Å². The van der Waals surface area contributed by atoms with E-state index >= 15 is 0 Å². The third-order valence-electron chi connectivity index (χ3n) is 3.10. The monoisotopic (exact) mass is 260 g/mol. The molecule has 0 heterocycles. The van der Waals surface area contributed by atoms with Gasteiger partial charge in [-0.25, -0.2) is 4.39 Å². The second-order valence-corrected chi connectivity index (χ2v) is 4.48. The highest BCUT2D eigenvalue weighted by molar-refractivity contribution is 5.32. The molecule has 2 rings (SSSR count). The molecule has 0 radical (unpaired) electrons. The van der Waals surface area contributed by atoms with Gasteiger partial charge in [0, 0.05) is 5.92 Å². The van der Waals surface area contributed by atoms with E-state index in [9.17, 15) is 9.50 Å². The maximum atomic E-state index is 13.7. The van der Waals surface area contributed by atoms with Crippen LogP contribution in [0.1, 0.15) is 17.0 Å². The Hall–Kier alpha value is -1.87. The van der Waals surface area contributed by atoms with Crippen molar-refractivity contribution in [2.75, 3.05) is 13.2 Å². The predicted octanol–water partition coefficient (Wildman–Crippen LogP) is 3.29. The first-order valence-corrected chi connectivity index (χ1v) is 6.26. The van der Waals surface area contributed by atoms with Gasteiger partial charge in [-0.05, 0) is 30.2 Å². The van der Waals surface area contributed by atoms with Crippen molar-refractivity contribution < 1.29 is 14.2 Å². The van der Waals surface area contributed by atoms with E-state index in [1.54, 1.807) is 18.2 Å². The maximum absolute atomic E-state index is 13.7. The van der Waals surface area contributed by atoms with Crippen molar-refractivity contribution in [3.05, 3.63) is 65.5 Å². The first kappa shape index (κ1) is 13.6. The number of aliphatic hydroxyl groups excluding tert-OH is 1. The summed E-state index contributed by atoms with van der Waals surface area (Å²) in [7, 11) is 0. The minimum Gasteiger partial charge on any atom is -0.493 e. The molecule has 0 saturated heterocycles. The van der Waals surface area contributed by atoms with Crippen molar-refractivity contribution in [3.8, 4) is 5.75 Å². The molecule has 0 aromatic heterocycles. The molecule has 19 heavy (non-hydrogen) atoms. The minimum atomic E-state index is -0.360. The third kappa shape index (κ3) is 3.32. The molecular weight excluding hydrogens is 243 g/mol. The van der Waals surface area contributed by atoms with Crippen LogP contribution >= 0.6 is 0 Å². The summed E-state index contributed by atoms with van der Waals surface area (Å²) in [5.74, 6) is 0.0908. The number of hydrogen-bond acceptors (Lipinski definition) is 2. The van der Waals surface area contributed by atoms with E-state index in [0.717, 1.165) is 11.3 Å². The summed E-state index contributed by atoms with van der Waals surface area (Å²) < 4.78 is 19.3. The lowest BCUT2D eigenvalue weighted by molar-refractivity contribution is 0.202.